The van der Waals surface area contributed by atoms with Crippen molar-refractivity contribution in [1.82, 2.24) is 5.32 Å². The lowest BCUT2D eigenvalue weighted by molar-refractivity contribution is -0.137. The first-order valence-corrected chi connectivity index (χ1v) is 5.91. The van der Waals surface area contributed by atoms with Crippen molar-refractivity contribution < 1.29 is 19.1 Å². The van der Waals surface area contributed by atoms with Crippen LogP contribution in [0.1, 0.15) is 5.56 Å². The minimum Gasteiger partial charge on any atom is -0.465 e. The second-order valence-electron chi connectivity index (χ2n) is 4.47. The molecule has 2 rings (SSSR count). The highest BCUT2D eigenvalue weighted by Gasteiger charge is 2.36. The zero-order valence-corrected chi connectivity index (χ0v) is 11.4. The fraction of sp³-hybridized carbons (Fsp3) is 0.214. The number of hydrogen-bond donors (Lipinski definition) is 1. The fourth-order valence-electron chi connectivity index (χ4n) is 1.95. The minimum atomic E-state index is -0.819. The first-order chi connectivity index (χ1) is 9.45. The summed E-state index contributed by atoms with van der Waals surface area (Å²) in [5.41, 5.74) is 1.24. The monoisotopic (exact) mass is 274 g/mol. The molecule has 0 spiro atoms. The van der Waals surface area contributed by atoms with E-state index >= 15 is 0 Å². The van der Waals surface area contributed by atoms with E-state index in [4.69, 9.17) is 0 Å². The van der Waals surface area contributed by atoms with Crippen LogP contribution in [0.2, 0.25) is 0 Å². The molecule has 6 heteroatoms. The SMILES string of the molecule is COC(=O)C1=C(c2ccc(N(C)C)cc2)C(=O)NC1=O. The van der Waals surface area contributed by atoms with Crippen molar-refractivity contribution in [3.05, 3.63) is 35.4 Å². The van der Waals surface area contributed by atoms with Crippen molar-refractivity contribution >= 4 is 29.0 Å². The van der Waals surface area contributed by atoms with Gasteiger partial charge in [-0.1, -0.05) is 12.1 Å². The third-order valence-electron chi connectivity index (χ3n) is 2.99. The van der Waals surface area contributed by atoms with Crippen LogP contribution in [0.15, 0.2) is 29.8 Å². The van der Waals surface area contributed by atoms with Gasteiger partial charge >= 0.3 is 5.97 Å². The lowest BCUT2D eigenvalue weighted by atomic mass is 10.0. The lowest BCUT2D eigenvalue weighted by Crippen LogP contribution is -2.25. The molecule has 1 aromatic carbocycles. The Kier molecular flexibility index (Phi) is 3.56. The quantitative estimate of drug-likeness (QED) is 0.488. The molecule has 0 saturated carbocycles. The fourth-order valence-corrected chi connectivity index (χ4v) is 1.95. The molecule has 1 aliphatic rings. The molecule has 0 unspecified atom stereocenters. The first kappa shape index (κ1) is 13.8. The van der Waals surface area contributed by atoms with E-state index in [1.807, 2.05) is 19.0 Å². The Morgan fingerprint density at radius 3 is 2.20 bits per heavy atom. The van der Waals surface area contributed by atoms with Crippen LogP contribution in [0, 0.1) is 0 Å². The minimum absolute atomic E-state index is 0.0483. The molecular weight excluding hydrogens is 260 g/mol. The molecule has 0 bridgehead atoms. The van der Waals surface area contributed by atoms with Gasteiger partial charge < -0.3 is 9.64 Å². The maximum atomic E-state index is 11.8. The van der Waals surface area contributed by atoms with Gasteiger partial charge in [0.1, 0.15) is 5.57 Å². The predicted octanol–water partition coefficient (Wildman–Crippen LogP) is 0.336. The van der Waals surface area contributed by atoms with Gasteiger partial charge in [0.15, 0.2) is 0 Å². The third-order valence-corrected chi connectivity index (χ3v) is 2.99. The number of nitrogens with one attached hydrogen (secondary N) is 1. The van der Waals surface area contributed by atoms with Crippen LogP contribution >= 0.6 is 0 Å². The van der Waals surface area contributed by atoms with E-state index in [0.29, 0.717) is 5.56 Å². The van der Waals surface area contributed by atoms with Crippen molar-refractivity contribution in [2.45, 2.75) is 0 Å². The molecule has 0 fully saturated rings. The number of methoxy groups -OCH3 is 1. The largest absolute Gasteiger partial charge is 0.465 e. The van der Waals surface area contributed by atoms with Crippen LogP contribution in [-0.4, -0.2) is 39.0 Å². The van der Waals surface area contributed by atoms with Gasteiger partial charge in [-0.15, -0.1) is 0 Å². The van der Waals surface area contributed by atoms with Gasteiger partial charge in [-0.2, -0.15) is 0 Å². The maximum absolute atomic E-state index is 11.8. The van der Waals surface area contributed by atoms with Crippen molar-refractivity contribution in [3.63, 3.8) is 0 Å². The molecule has 0 saturated heterocycles. The first-order valence-electron chi connectivity index (χ1n) is 5.91. The van der Waals surface area contributed by atoms with Crippen molar-refractivity contribution in [2.24, 2.45) is 0 Å². The molecule has 104 valence electrons. The van der Waals surface area contributed by atoms with E-state index < -0.39 is 17.8 Å². The summed E-state index contributed by atoms with van der Waals surface area (Å²) in [7, 11) is 4.94. The molecule has 0 atom stereocenters. The average molecular weight is 274 g/mol. The van der Waals surface area contributed by atoms with E-state index in [9.17, 15) is 14.4 Å². The third kappa shape index (κ3) is 2.27. The number of carbonyl (C=O) groups excluding carboxylic acids is 3. The van der Waals surface area contributed by atoms with Crippen molar-refractivity contribution in [1.29, 1.82) is 0 Å². The van der Waals surface area contributed by atoms with Gasteiger partial charge in [-0.05, 0) is 17.7 Å². The summed E-state index contributed by atoms with van der Waals surface area (Å²) < 4.78 is 4.55. The zero-order chi connectivity index (χ0) is 14.9. The Morgan fingerprint density at radius 1 is 1.10 bits per heavy atom. The number of esters is 1. The second-order valence-corrected chi connectivity index (χ2v) is 4.47. The van der Waals surface area contributed by atoms with E-state index in [0.717, 1.165) is 12.8 Å². The topological polar surface area (TPSA) is 75.7 Å². The number of ether oxygens (including phenoxy) is 1. The Labute approximate surface area is 116 Å². The zero-order valence-electron chi connectivity index (χ0n) is 11.4. The normalized spacial score (nSPS) is 14.3. The van der Waals surface area contributed by atoms with Crippen LogP contribution in [0.3, 0.4) is 0 Å². The molecular formula is C14H14N2O4. The van der Waals surface area contributed by atoms with Crippen molar-refractivity contribution in [3.8, 4) is 0 Å². The summed E-state index contributed by atoms with van der Waals surface area (Å²) in [5, 5.41) is 2.10. The molecule has 1 heterocycles. The number of rotatable bonds is 3. The molecule has 0 aromatic heterocycles. The van der Waals surface area contributed by atoms with E-state index in [1.165, 1.54) is 0 Å². The van der Waals surface area contributed by atoms with E-state index in [-0.39, 0.29) is 11.1 Å². The Balaban J connectivity index is 2.52. The number of amides is 2. The molecule has 20 heavy (non-hydrogen) atoms. The molecule has 6 nitrogen and oxygen atoms in total. The van der Waals surface area contributed by atoms with Gasteiger partial charge in [0.05, 0.1) is 12.7 Å². The summed E-state index contributed by atoms with van der Waals surface area (Å²) in [6.45, 7) is 0. The summed E-state index contributed by atoms with van der Waals surface area (Å²) in [5.74, 6) is -2.14. The highest BCUT2D eigenvalue weighted by molar-refractivity contribution is 6.43. The van der Waals surface area contributed by atoms with E-state index in [2.05, 4.69) is 10.1 Å². The number of carbonyl (C=O) groups is 3. The van der Waals surface area contributed by atoms with Gasteiger partial charge in [0.25, 0.3) is 11.8 Å². The summed E-state index contributed by atoms with van der Waals surface area (Å²) >= 11 is 0. The maximum Gasteiger partial charge on any atom is 0.344 e. The van der Waals surface area contributed by atoms with Gasteiger partial charge in [0, 0.05) is 19.8 Å². The summed E-state index contributed by atoms with van der Waals surface area (Å²) in [6.07, 6.45) is 0. The molecule has 1 aliphatic heterocycles. The van der Waals surface area contributed by atoms with Gasteiger partial charge in [-0.25, -0.2) is 4.79 Å². The highest BCUT2D eigenvalue weighted by atomic mass is 16.5. The molecule has 1 aromatic rings. The number of nitrogens with zero attached hydrogens (tertiary/aromatic N) is 1. The Hall–Kier alpha value is -2.63. The van der Waals surface area contributed by atoms with E-state index in [1.54, 1.807) is 24.3 Å². The number of anilines is 1. The highest BCUT2D eigenvalue weighted by Crippen LogP contribution is 2.26. The second kappa shape index (κ2) is 5.16. The lowest BCUT2D eigenvalue weighted by Gasteiger charge is -2.12. The van der Waals surface area contributed by atoms with Gasteiger partial charge in [-0.3, -0.25) is 14.9 Å². The van der Waals surface area contributed by atoms with Crippen LogP contribution in [-0.2, 0) is 19.1 Å². The number of imide groups is 1. The number of benzene rings is 1. The summed E-state index contributed by atoms with van der Waals surface area (Å²) in [4.78, 5) is 37.0. The number of hydrogen-bond acceptors (Lipinski definition) is 5. The Morgan fingerprint density at radius 2 is 1.70 bits per heavy atom. The predicted molar refractivity (Wildman–Crippen MR) is 72.9 cm³/mol. The summed E-state index contributed by atoms with van der Waals surface area (Å²) in [6, 6.07) is 6.97. The van der Waals surface area contributed by atoms with Crippen LogP contribution < -0.4 is 10.2 Å². The molecule has 2 amide bonds. The van der Waals surface area contributed by atoms with Crippen LogP contribution in [0.5, 0.6) is 0 Å². The van der Waals surface area contributed by atoms with Crippen molar-refractivity contribution in [2.75, 3.05) is 26.1 Å². The van der Waals surface area contributed by atoms with Gasteiger partial charge in [0.2, 0.25) is 0 Å². The average Bonchev–Trinajstić information content (AvgIpc) is 2.72. The molecule has 0 aliphatic carbocycles. The van der Waals surface area contributed by atoms with Crippen LogP contribution in [0.4, 0.5) is 5.69 Å². The van der Waals surface area contributed by atoms with Crippen LogP contribution in [0.25, 0.3) is 5.57 Å². The molecule has 0 radical (unpaired) electrons. The molecule has 1 N–H and O–H groups in total. The smallest absolute Gasteiger partial charge is 0.344 e. The standard InChI is InChI=1S/C14H14N2O4/c1-16(2)9-6-4-8(5-7-9)10-11(14(19)20-3)13(18)15-12(10)17/h4-7H,1-3H3,(H,15,17,18). The Bertz CT molecular complexity index is 615.